The summed E-state index contributed by atoms with van der Waals surface area (Å²) < 4.78 is 23.4. The first-order valence-corrected chi connectivity index (χ1v) is 7.46. The van der Waals surface area contributed by atoms with E-state index in [9.17, 15) is 9.18 Å². The van der Waals surface area contributed by atoms with Gasteiger partial charge in [0.25, 0.3) is 0 Å². The van der Waals surface area contributed by atoms with Gasteiger partial charge in [-0.25, -0.2) is 4.39 Å². The third-order valence-corrected chi connectivity index (χ3v) is 3.73. The maximum absolute atomic E-state index is 13.5. The fraction of sp³-hybridized carbons (Fsp3) is 0.357. The zero-order valence-electron chi connectivity index (χ0n) is 11.7. The quantitative estimate of drug-likeness (QED) is 0.603. The Labute approximate surface area is 125 Å². The van der Waals surface area contributed by atoms with Crippen molar-refractivity contribution in [3.63, 3.8) is 0 Å². The first kappa shape index (κ1) is 15.5. The lowest BCUT2D eigenvalue weighted by molar-refractivity contribution is -0.145. The van der Waals surface area contributed by atoms with Gasteiger partial charge in [-0.05, 0) is 26.0 Å². The van der Waals surface area contributed by atoms with Gasteiger partial charge in [0, 0.05) is 4.90 Å². The van der Waals surface area contributed by atoms with E-state index >= 15 is 0 Å². The molecule has 0 radical (unpaired) electrons. The van der Waals surface area contributed by atoms with Crippen molar-refractivity contribution in [2.24, 2.45) is 0 Å². The second-order valence-electron chi connectivity index (χ2n) is 4.24. The highest BCUT2D eigenvalue weighted by Crippen LogP contribution is 2.25. The van der Waals surface area contributed by atoms with Crippen LogP contribution in [0.15, 0.2) is 33.7 Å². The molecule has 21 heavy (non-hydrogen) atoms. The number of benzene rings is 1. The summed E-state index contributed by atoms with van der Waals surface area (Å²) >= 11 is 1.27. The summed E-state index contributed by atoms with van der Waals surface area (Å²) in [5.74, 6) is -0.322. The molecule has 0 saturated heterocycles. The van der Waals surface area contributed by atoms with Crippen molar-refractivity contribution in [3.8, 4) is 0 Å². The first-order valence-electron chi connectivity index (χ1n) is 6.48. The third kappa shape index (κ3) is 4.04. The van der Waals surface area contributed by atoms with Crippen LogP contribution in [0.5, 0.6) is 0 Å². The van der Waals surface area contributed by atoms with Crippen molar-refractivity contribution in [1.82, 2.24) is 10.1 Å². The van der Waals surface area contributed by atoms with Gasteiger partial charge in [0.2, 0.25) is 5.89 Å². The fourth-order valence-electron chi connectivity index (χ4n) is 1.57. The van der Waals surface area contributed by atoms with E-state index in [0.717, 1.165) is 0 Å². The zero-order chi connectivity index (χ0) is 15.2. The Hall–Kier alpha value is -1.89. The molecule has 0 saturated carbocycles. The summed E-state index contributed by atoms with van der Waals surface area (Å²) in [5.41, 5.74) is 0. The second kappa shape index (κ2) is 7.21. The predicted molar refractivity (Wildman–Crippen MR) is 75.3 cm³/mol. The van der Waals surface area contributed by atoms with Gasteiger partial charge in [-0.2, -0.15) is 4.98 Å². The molecule has 0 bridgehead atoms. The molecule has 0 spiro atoms. The van der Waals surface area contributed by atoms with E-state index in [0.29, 0.717) is 23.1 Å². The Kier molecular flexibility index (Phi) is 5.32. The van der Waals surface area contributed by atoms with Gasteiger partial charge in [0.1, 0.15) is 11.7 Å². The fourth-order valence-corrected chi connectivity index (χ4v) is 2.36. The number of esters is 1. The molecule has 0 amide bonds. The highest BCUT2D eigenvalue weighted by atomic mass is 32.2. The van der Waals surface area contributed by atoms with Crippen molar-refractivity contribution in [3.05, 3.63) is 41.8 Å². The molecule has 1 unspecified atom stereocenters. The Morgan fingerprint density at radius 1 is 1.48 bits per heavy atom. The van der Waals surface area contributed by atoms with E-state index in [4.69, 9.17) is 9.26 Å². The molecule has 1 atom stereocenters. The standard InChI is InChI=1S/C14H15FN2O3S/c1-3-19-14(18)9(2)13-16-12(17-20-13)8-21-11-7-5-4-6-10(11)15/h4-7,9H,3,8H2,1-2H3. The van der Waals surface area contributed by atoms with Crippen LogP contribution in [0.3, 0.4) is 0 Å². The molecular formula is C14H15FN2O3S. The van der Waals surface area contributed by atoms with E-state index in [1.54, 1.807) is 32.0 Å². The largest absolute Gasteiger partial charge is 0.465 e. The lowest BCUT2D eigenvalue weighted by Gasteiger charge is -2.04. The van der Waals surface area contributed by atoms with Crippen LogP contribution in [-0.4, -0.2) is 22.7 Å². The van der Waals surface area contributed by atoms with Gasteiger partial charge in [-0.1, -0.05) is 17.3 Å². The van der Waals surface area contributed by atoms with Crippen molar-refractivity contribution in [2.45, 2.75) is 30.4 Å². The maximum Gasteiger partial charge on any atom is 0.318 e. The van der Waals surface area contributed by atoms with E-state index < -0.39 is 11.9 Å². The minimum absolute atomic E-state index is 0.206. The number of hydrogen-bond donors (Lipinski definition) is 0. The molecule has 0 aliphatic rings. The van der Waals surface area contributed by atoms with Gasteiger partial charge in [0.05, 0.1) is 12.4 Å². The Balaban J connectivity index is 1.97. The number of thioether (sulfide) groups is 1. The van der Waals surface area contributed by atoms with Crippen LogP contribution < -0.4 is 0 Å². The van der Waals surface area contributed by atoms with Gasteiger partial charge < -0.3 is 9.26 Å². The van der Waals surface area contributed by atoms with E-state index in [-0.39, 0.29) is 11.7 Å². The minimum Gasteiger partial charge on any atom is -0.465 e. The van der Waals surface area contributed by atoms with Crippen LogP contribution in [0.1, 0.15) is 31.5 Å². The molecule has 1 aromatic carbocycles. The molecule has 5 nitrogen and oxygen atoms in total. The predicted octanol–water partition coefficient (Wildman–Crippen LogP) is 3.17. The van der Waals surface area contributed by atoms with Crippen molar-refractivity contribution >= 4 is 17.7 Å². The van der Waals surface area contributed by atoms with E-state index in [1.165, 1.54) is 17.8 Å². The van der Waals surface area contributed by atoms with E-state index in [1.807, 2.05) is 0 Å². The molecule has 112 valence electrons. The Morgan fingerprint density at radius 3 is 2.95 bits per heavy atom. The summed E-state index contributed by atoms with van der Waals surface area (Å²) in [7, 11) is 0. The average molecular weight is 310 g/mol. The lowest BCUT2D eigenvalue weighted by Crippen LogP contribution is -2.13. The van der Waals surface area contributed by atoms with Crippen LogP contribution >= 0.6 is 11.8 Å². The highest BCUT2D eigenvalue weighted by Gasteiger charge is 2.23. The summed E-state index contributed by atoms with van der Waals surface area (Å²) in [6, 6.07) is 6.47. The number of carbonyl (C=O) groups excluding carboxylic acids is 1. The Morgan fingerprint density at radius 2 is 2.24 bits per heavy atom. The summed E-state index contributed by atoms with van der Waals surface area (Å²) in [6.45, 7) is 3.67. The van der Waals surface area contributed by atoms with Crippen molar-refractivity contribution < 1.29 is 18.4 Å². The molecular weight excluding hydrogens is 295 g/mol. The number of carbonyl (C=O) groups is 1. The third-order valence-electron chi connectivity index (χ3n) is 2.69. The number of nitrogens with zero attached hydrogens (tertiary/aromatic N) is 2. The molecule has 1 heterocycles. The van der Waals surface area contributed by atoms with Crippen LogP contribution in [-0.2, 0) is 15.3 Å². The topological polar surface area (TPSA) is 65.2 Å². The number of hydrogen-bond acceptors (Lipinski definition) is 6. The highest BCUT2D eigenvalue weighted by molar-refractivity contribution is 7.98. The monoisotopic (exact) mass is 310 g/mol. The molecule has 1 aromatic heterocycles. The second-order valence-corrected chi connectivity index (χ2v) is 5.26. The molecule has 0 N–H and O–H groups in total. The zero-order valence-corrected chi connectivity index (χ0v) is 12.5. The smallest absolute Gasteiger partial charge is 0.318 e. The SMILES string of the molecule is CCOC(=O)C(C)c1nc(CSc2ccccc2F)no1. The molecule has 2 rings (SSSR count). The molecule has 0 fully saturated rings. The van der Waals surface area contributed by atoms with Gasteiger partial charge in [-0.15, -0.1) is 11.8 Å². The Bertz CT molecular complexity index is 618. The molecule has 0 aliphatic carbocycles. The van der Waals surface area contributed by atoms with Gasteiger partial charge in [-0.3, -0.25) is 4.79 Å². The van der Waals surface area contributed by atoms with Crippen LogP contribution in [0, 0.1) is 5.82 Å². The van der Waals surface area contributed by atoms with Gasteiger partial charge in [0.15, 0.2) is 5.82 Å². The number of ether oxygens (including phenoxy) is 1. The maximum atomic E-state index is 13.5. The molecule has 2 aromatic rings. The average Bonchev–Trinajstić information content (AvgIpc) is 2.95. The number of aromatic nitrogens is 2. The normalized spacial score (nSPS) is 12.1. The van der Waals surface area contributed by atoms with Gasteiger partial charge >= 0.3 is 5.97 Å². The van der Waals surface area contributed by atoms with Crippen LogP contribution in [0.25, 0.3) is 0 Å². The summed E-state index contributed by atoms with van der Waals surface area (Å²) in [4.78, 5) is 16.2. The van der Waals surface area contributed by atoms with Crippen LogP contribution in [0.2, 0.25) is 0 Å². The number of rotatable bonds is 6. The molecule has 7 heteroatoms. The van der Waals surface area contributed by atoms with Crippen molar-refractivity contribution in [2.75, 3.05) is 6.61 Å². The summed E-state index contributed by atoms with van der Waals surface area (Å²) in [5, 5.41) is 3.79. The molecule has 0 aliphatic heterocycles. The van der Waals surface area contributed by atoms with E-state index in [2.05, 4.69) is 10.1 Å². The first-order chi connectivity index (χ1) is 10.1. The van der Waals surface area contributed by atoms with Crippen molar-refractivity contribution in [1.29, 1.82) is 0 Å². The lowest BCUT2D eigenvalue weighted by atomic mass is 10.2. The van der Waals surface area contributed by atoms with Crippen LogP contribution in [0.4, 0.5) is 4.39 Å². The summed E-state index contributed by atoms with van der Waals surface area (Å²) in [6.07, 6.45) is 0. The minimum atomic E-state index is -0.607. The number of halogens is 1.